The first kappa shape index (κ1) is 10.0. The summed E-state index contributed by atoms with van der Waals surface area (Å²) >= 11 is 0. The Balaban J connectivity index is 2.11. The van der Waals surface area contributed by atoms with Crippen LogP contribution in [0.1, 0.15) is 6.42 Å². The quantitative estimate of drug-likeness (QED) is 0.815. The summed E-state index contributed by atoms with van der Waals surface area (Å²) in [6.07, 6.45) is 0.868. The van der Waals surface area contributed by atoms with Crippen molar-refractivity contribution in [3.8, 4) is 22.8 Å². The number of benzene rings is 1. The molecule has 0 unspecified atom stereocenters. The molecule has 0 saturated carbocycles. The fourth-order valence-electron chi connectivity index (χ4n) is 1.80. The van der Waals surface area contributed by atoms with E-state index in [0.717, 1.165) is 17.7 Å². The number of ether oxygens (including phenoxy) is 2. The Morgan fingerprint density at radius 2 is 2.06 bits per heavy atom. The molecule has 0 saturated heterocycles. The Morgan fingerprint density at radius 1 is 1.18 bits per heavy atom. The third-order valence-electron chi connectivity index (χ3n) is 2.57. The van der Waals surface area contributed by atoms with Crippen molar-refractivity contribution in [2.45, 2.75) is 6.42 Å². The summed E-state index contributed by atoms with van der Waals surface area (Å²) in [4.78, 5) is 0. The molecule has 0 radical (unpaired) electrons. The van der Waals surface area contributed by atoms with E-state index >= 15 is 0 Å². The average molecular weight is 232 g/mol. The minimum Gasteiger partial charge on any atom is -0.490 e. The second kappa shape index (κ2) is 4.01. The molecule has 1 aromatic heterocycles. The largest absolute Gasteiger partial charge is 0.490 e. The first-order valence-corrected chi connectivity index (χ1v) is 5.46. The van der Waals surface area contributed by atoms with E-state index in [9.17, 15) is 0 Å². The Labute approximate surface area is 98.1 Å². The lowest BCUT2D eigenvalue weighted by Crippen LogP contribution is -1.97. The number of nitrogens with two attached hydrogens (primary N) is 1. The maximum atomic E-state index is 5.69. The van der Waals surface area contributed by atoms with Gasteiger partial charge >= 0.3 is 0 Å². The molecule has 88 valence electrons. The molecule has 17 heavy (non-hydrogen) atoms. The SMILES string of the molecule is Nc1cc(-c2cccc3c2OCCCO3)on1. The zero-order chi connectivity index (χ0) is 11.7. The van der Waals surface area contributed by atoms with Crippen molar-refractivity contribution in [3.63, 3.8) is 0 Å². The Bertz CT molecular complexity index is 536. The van der Waals surface area contributed by atoms with Gasteiger partial charge in [0.25, 0.3) is 0 Å². The number of rotatable bonds is 1. The highest BCUT2D eigenvalue weighted by Crippen LogP contribution is 2.39. The maximum absolute atomic E-state index is 5.69. The highest BCUT2D eigenvalue weighted by atomic mass is 16.5. The van der Waals surface area contributed by atoms with Gasteiger partial charge in [-0.3, -0.25) is 0 Å². The minimum atomic E-state index is 0.354. The predicted octanol–water partition coefficient (Wildman–Crippen LogP) is 2.09. The number of nitrogen functional groups attached to an aromatic ring is 1. The van der Waals surface area contributed by atoms with E-state index < -0.39 is 0 Å². The minimum absolute atomic E-state index is 0.354. The summed E-state index contributed by atoms with van der Waals surface area (Å²) in [5.41, 5.74) is 6.36. The van der Waals surface area contributed by atoms with Gasteiger partial charge < -0.3 is 19.7 Å². The zero-order valence-electron chi connectivity index (χ0n) is 9.18. The van der Waals surface area contributed by atoms with Crippen molar-refractivity contribution in [2.75, 3.05) is 18.9 Å². The number of hydrogen-bond acceptors (Lipinski definition) is 5. The fraction of sp³-hybridized carbons (Fsp3) is 0.250. The van der Waals surface area contributed by atoms with Crippen LogP contribution < -0.4 is 15.2 Å². The first-order valence-electron chi connectivity index (χ1n) is 5.46. The second-order valence-electron chi connectivity index (χ2n) is 3.80. The molecule has 5 heteroatoms. The summed E-state index contributed by atoms with van der Waals surface area (Å²) in [6.45, 7) is 1.29. The molecule has 0 spiro atoms. The lowest BCUT2D eigenvalue weighted by Gasteiger charge is -2.09. The number of fused-ring (bicyclic) bond motifs is 1. The van der Waals surface area contributed by atoms with Gasteiger partial charge in [-0.15, -0.1) is 0 Å². The average Bonchev–Trinajstić information content (AvgIpc) is 2.63. The van der Waals surface area contributed by atoms with Gasteiger partial charge in [0.2, 0.25) is 0 Å². The van der Waals surface area contributed by atoms with Crippen molar-refractivity contribution in [2.24, 2.45) is 0 Å². The zero-order valence-corrected chi connectivity index (χ0v) is 9.18. The van der Waals surface area contributed by atoms with Gasteiger partial charge in [-0.05, 0) is 12.1 Å². The highest BCUT2D eigenvalue weighted by Gasteiger charge is 2.18. The van der Waals surface area contributed by atoms with Gasteiger partial charge in [-0.1, -0.05) is 11.2 Å². The summed E-state index contributed by atoms with van der Waals surface area (Å²) in [6, 6.07) is 7.34. The summed E-state index contributed by atoms with van der Waals surface area (Å²) in [5, 5.41) is 3.67. The summed E-state index contributed by atoms with van der Waals surface area (Å²) in [7, 11) is 0. The van der Waals surface area contributed by atoms with E-state index in [-0.39, 0.29) is 0 Å². The molecule has 0 atom stereocenters. The predicted molar refractivity (Wildman–Crippen MR) is 62.0 cm³/mol. The van der Waals surface area contributed by atoms with Crippen molar-refractivity contribution in [3.05, 3.63) is 24.3 Å². The number of nitrogens with zero attached hydrogens (tertiary/aromatic N) is 1. The van der Waals surface area contributed by atoms with Gasteiger partial charge in [0.05, 0.1) is 18.8 Å². The van der Waals surface area contributed by atoms with Crippen LogP contribution in [0.25, 0.3) is 11.3 Å². The number of hydrogen-bond donors (Lipinski definition) is 1. The molecule has 3 rings (SSSR count). The van der Waals surface area contributed by atoms with Gasteiger partial charge in [-0.2, -0.15) is 0 Å². The molecule has 2 N–H and O–H groups in total. The smallest absolute Gasteiger partial charge is 0.172 e. The maximum Gasteiger partial charge on any atom is 0.172 e. The van der Waals surface area contributed by atoms with E-state index in [1.807, 2.05) is 18.2 Å². The van der Waals surface area contributed by atoms with E-state index in [1.54, 1.807) is 6.07 Å². The molecule has 2 heterocycles. The van der Waals surface area contributed by atoms with Crippen LogP contribution in [-0.2, 0) is 0 Å². The fourth-order valence-corrected chi connectivity index (χ4v) is 1.80. The monoisotopic (exact) mass is 232 g/mol. The van der Waals surface area contributed by atoms with E-state index in [1.165, 1.54) is 0 Å². The molecule has 1 aliphatic heterocycles. The lowest BCUT2D eigenvalue weighted by atomic mass is 10.1. The Hall–Kier alpha value is -2.17. The Morgan fingerprint density at radius 3 is 2.88 bits per heavy atom. The van der Waals surface area contributed by atoms with Crippen LogP contribution in [0.3, 0.4) is 0 Å². The van der Waals surface area contributed by atoms with Gasteiger partial charge in [0.15, 0.2) is 23.1 Å². The molecule has 1 aromatic carbocycles. The van der Waals surface area contributed by atoms with Crippen LogP contribution in [-0.4, -0.2) is 18.4 Å². The van der Waals surface area contributed by atoms with Gasteiger partial charge in [0, 0.05) is 12.5 Å². The van der Waals surface area contributed by atoms with E-state index in [0.29, 0.717) is 30.5 Å². The van der Waals surface area contributed by atoms with Crippen LogP contribution in [0.4, 0.5) is 5.82 Å². The van der Waals surface area contributed by atoms with E-state index in [2.05, 4.69) is 5.16 Å². The van der Waals surface area contributed by atoms with Crippen LogP contribution >= 0.6 is 0 Å². The molecule has 0 fully saturated rings. The molecular weight excluding hydrogens is 220 g/mol. The third kappa shape index (κ3) is 1.80. The number of aromatic nitrogens is 1. The standard InChI is InChI=1S/C12H12N2O3/c13-11-7-10(17-14-11)8-3-1-4-9-12(8)16-6-2-5-15-9/h1,3-4,7H,2,5-6H2,(H2,13,14). The molecular formula is C12H12N2O3. The highest BCUT2D eigenvalue weighted by molar-refractivity contribution is 5.71. The number of para-hydroxylation sites is 1. The first-order chi connectivity index (χ1) is 8.34. The summed E-state index contributed by atoms with van der Waals surface area (Å²) in [5.74, 6) is 2.37. The number of anilines is 1. The Kier molecular flexibility index (Phi) is 2.36. The van der Waals surface area contributed by atoms with Crippen LogP contribution in [0, 0.1) is 0 Å². The van der Waals surface area contributed by atoms with Gasteiger partial charge in [-0.25, -0.2) is 0 Å². The third-order valence-corrected chi connectivity index (χ3v) is 2.57. The topological polar surface area (TPSA) is 70.5 Å². The van der Waals surface area contributed by atoms with Crippen LogP contribution in [0.2, 0.25) is 0 Å². The van der Waals surface area contributed by atoms with Crippen molar-refractivity contribution in [1.29, 1.82) is 0 Å². The molecule has 2 aromatic rings. The van der Waals surface area contributed by atoms with Crippen LogP contribution in [0.15, 0.2) is 28.8 Å². The van der Waals surface area contributed by atoms with Crippen LogP contribution in [0.5, 0.6) is 11.5 Å². The van der Waals surface area contributed by atoms with Gasteiger partial charge in [0.1, 0.15) is 0 Å². The second-order valence-corrected chi connectivity index (χ2v) is 3.80. The normalized spacial score (nSPS) is 14.4. The molecule has 0 amide bonds. The molecule has 1 aliphatic rings. The molecule has 5 nitrogen and oxygen atoms in total. The molecule has 0 aliphatic carbocycles. The van der Waals surface area contributed by atoms with Crippen molar-refractivity contribution >= 4 is 5.82 Å². The van der Waals surface area contributed by atoms with Crippen molar-refractivity contribution in [1.82, 2.24) is 5.16 Å². The van der Waals surface area contributed by atoms with Crippen molar-refractivity contribution < 1.29 is 14.0 Å². The summed E-state index contributed by atoms with van der Waals surface area (Å²) < 4.78 is 16.4. The molecule has 0 bridgehead atoms. The van der Waals surface area contributed by atoms with E-state index in [4.69, 9.17) is 19.7 Å². The lowest BCUT2D eigenvalue weighted by molar-refractivity contribution is 0.297.